The fourth-order valence-electron chi connectivity index (χ4n) is 3.13. The number of hydrogen-bond acceptors (Lipinski definition) is 4. The Morgan fingerprint density at radius 2 is 1.76 bits per heavy atom. The number of ether oxygens (including phenoxy) is 2. The van der Waals surface area contributed by atoms with Crippen LogP contribution in [0.4, 0.5) is 11.4 Å². The molecule has 0 aromatic heterocycles. The summed E-state index contributed by atoms with van der Waals surface area (Å²) >= 11 is 0. The van der Waals surface area contributed by atoms with Gasteiger partial charge in [-0.25, -0.2) is 0 Å². The van der Waals surface area contributed by atoms with Crippen molar-refractivity contribution in [2.75, 3.05) is 25.9 Å². The number of benzene rings is 2. The highest BCUT2D eigenvalue weighted by atomic mass is 16.7. The molecule has 0 N–H and O–H groups in total. The highest BCUT2D eigenvalue weighted by Gasteiger charge is 2.15. The van der Waals surface area contributed by atoms with Gasteiger partial charge in [-0.3, -0.25) is 0 Å². The smallest absolute Gasteiger partial charge is 0.188 e. The van der Waals surface area contributed by atoms with Gasteiger partial charge in [0.2, 0.25) is 0 Å². The van der Waals surface area contributed by atoms with Crippen LogP contribution in [0.25, 0.3) is 0 Å². The molecule has 4 nitrogen and oxygen atoms in total. The molecular formula is C21H26N2O2. The molecule has 0 saturated heterocycles. The Kier molecular flexibility index (Phi) is 6.06. The first kappa shape index (κ1) is 18.8. The van der Waals surface area contributed by atoms with Crippen molar-refractivity contribution in [1.29, 1.82) is 5.26 Å². The van der Waals surface area contributed by atoms with Gasteiger partial charge >= 0.3 is 0 Å². The molecule has 0 spiro atoms. The summed E-state index contributed by atoms with van der Waals surface area (Å²) in [5, 5.41) is 9.14. The zero-order valence-corrected chi connectivity index (χ0v) is 15.9. The van der Waals surface area contributed by atoms with Crippen LogP contribution in [-0.4, -0.2) is 21.0 Å². The summed E-state index contributed by atoms with van der Waals surface area (Å²) in [5.41, 5.74) is 6.22. The summed E-state index contributed by atoms with van der Waals surface area (Å²) in [6.07, 6.45) is 0. The molecule has 0 bridgehead atoms. The molecule has 2 aromatic rings. The second kappa shape index (κ2) is 8.04. The lowest BCUT2D eigenvalue weighted by Gasteiger charge is -2.26. The Labute approximate surface area is 150 Å². The normalized spacial score (nSPS) is 10.6. The third-order valence-electron chi connectivity index (χ3n) is 4.29. The highest BCUT2D eigenvalue weighted by molar-refractivity contribution is 5.71. The van der Waals surface area contributed by atoms with E-state index in [9.17, 15) is 0 Å². The van der Waals surface area contributed by atoms with Crippen molar-refractivity contribution < 1.29 is 9.47 Å². The fourth-order valence-corrected chi connectivity index (χ4v) is 3.13. The minimum Gasteiger partial charge on any atom is -0.467 e. The lowest BCUT2D eigenvalue weighted by molar-refractivity contribution is 0.0503. The van der Waals surface area contributed by atoms with Crippen LogP contribution in [0.5, 0.6) is 5.75 Å². The van der Waals surface area contributed by atoms with E-state index in [2.05, 4.69) is 37.9 Å². The Bertz CT molecular complexity index is 768. The summed E-state index contributed by atoms with van der Waals surface area (Å²) in [6.45, 7) is 8.62. The maximum absolute atomic E-state index is 9.14. The Balaban J connectivity index is 2.45. The molecule has 4 heteroatoms. The Hall–Kier alpha value is -2.51. The summed E-state index contributed by atoms with van der Waals surface area (Å²) < 4.78 is 10.7. The van der Waals surface area contributed by atoms with Gasteiger partial charge in [-0.15, -0.1) is 0 Å². The Morgan fingerprint density at radius 1 is 1.12 bits per heavy atom. The average Bonchev–Trinajstić information content (AvgIpc) is 2.58. The maximum Gasteiger partial charge on any atom is 0.188 e. The van der Waals surface area contributed by atoms with E-state index in [0.29, 0.717) is 11.5 Å². The molecule has 2 rings (SSSR count). The first-order valence-electron chi connectivity index (χ1n) is 8.39. The molecule has 0 fully saturated rings. The average molecular weight is 338 g/mol. The largest absolute Gasteiger partial charge is 0.467 e. The second-order valence-corrected chi connectivity index (χ2v) is 6.56. The van der Waals surface area contributed by atoms with Gasteiger partial charge in [-0.2, -0.15) is 5.26 Å². The lowest BCUT2D eigenvalue weighted by Crippen LogP contribution is -2.13. The number of methoxy groups -OCH3 is 1. The lowest BCUT2D eigenvalue weighted by atomic mass is 10.00. The van der Waals surface area contributed by atoms with Crippen LogP contribution >= 0.6 is 0 Å². The van der Waals surface area contributed by atoms with Gasteiger partial charge in [0, 0.05) is 25.5 Å². The van der Waals surface area contributed by atoms with E-state index in [0.717, 1.165) is 33.8 Å². The number of aryl methyl sites for hydroxylation is 2. The third kappa shape index (κ3) is 4.12. The first-order chi connectivity index (χ1) is 11.9. The molecule has 0 aliphatic carbocycles. The van der Waals surface area contributed by atoms with Crippen molar-refractivity contribution >= 4 is 11.4 Å². The summed E-state index contributed by atoms with van der Waals surface area (Å²) in [6, 6.07) is 12.3. The van der Waals surface area contributed by atoms with Crippen molar-refractivity contribution in [3.8, 4) is 11.8 Å². The number of hydrogen-bond donors (Lipinski definition) is 0. The van der Waals surface area contributed by atoms with Gasteiger partial charge in [0.25, 0.3) is 0 Å². The first-order valence-corrected chi connectivity index (χ1v) is 8.39. The highest BCUT2D eigenvalue weighted by Crippen LogP contribution is 2.35. The molecule has 0 aliphatic rings. The van der Waals surface area contributed by atoms with Crippen molar-refractivity contribution in [3.63, 3.8) is 0 Å². The number of anilines is 2. The number of nitrogens with zero attached hydrogens (tertiary/aromatic N) is 2. The molecule has 0 amide bonds. The fraction of sp³-hybridized carbons (Fsp3) is 0.381. The van der Waals surface area contributed by atoms with Gasteiger partial charge in [0.1, 0.15) is 5.75 Å². The van der Waals surface area contributed by atoms with Crippen LogP contribution in [0.3, 0.4) is 0 Å². The molecule has 0 aliphatic heterocycles. The van der Waals surface area contributed by atoms with Gasteiger partial charge < -0.3 is 14.4 Å². The summed E-state index contributed by atoms with van der Waals surface area (Å²) in [4.78, 5) is 2.16. The van der Waals surface area contributed by atoms with Crippen LogP contribution in [0, 0.1) is 25.2 Å². The molecule has 0 saturated carbocycles. The van der Waals surface area contributed by atoms with Crippen molar-refractivity contribution in [2.24, 2.45) is 0 Å². The van der Waals surface area contributed by atoms with E-state index in [4.69, 9.17) is 14.7 Å². The van der Waals surface area contributed by atoms with Gasteiger partial charge in [-0.1, -0.05) is 13.8 Å². The Morgan fingerprint density at radius 3 is 2.28 bits per heavy atom. The van der Waals surface area contributed by atoms with Crippen molar-refractivity contribution in [2.45, 2.75) is 33.6 Å². The summed E-state index contributed by atoms with van der Waals surface area (Å²) in [5.74, 6) is 1.19. The van der Waals surface area contributed by atoms with Crippen LogP contribution < -0.4 is 9.64 Å². The topological polar surface area (TPSA) is 45.5 Å². The van der Waals surface area contributed by atoms with E-state index in [-0.39, 0.29) is 6.79 Å². The van der Waals surface area contributed by atoms with Crippen LogP contribution in [0.1, 0.15) is 42.0 Å². The predicted molar refractivity (Wildman–Crippen MR) is 102 cm³/mol. The zero-order valence-electron chi connectivity index (χ0n) is 15.9. The van der Waals surface area contributed by atoms with E-state index >= 15 is 0 Å². The van der Waals surface area contributed by atoms with Crippen LogP contribution in [-0.2, 0) is 4.74 Å². The molecule has 2 aromatic carbocycles. The van der Waals surface area contributed by atoms with E-state index in [1.165, 1.54) is 0 Å². The van der Waals surface area contributed by atoms with Crippen molar-refractivity contribution in [1.82, 2.24) is 0 Å². The van der Waals surface area contributed by atoms with Gasteiger partial charge in [-0.05, 0) is 66.8 Å². The van der Waals surface area contributed by atoms with E-state index < -0.39 is 0 Å². The standard InChI is InChI=1S/C21H26N2O2/c1-14(2)19-11-18(7-8-20(19)25-13-24-6)23(5)21-15(3)9-17(12-22)10-16(21)4/h7-11,14H,13H2,1-6H3. The monoisotopic (exact) mass is 338 g/mol. The summed E-state index contributed by atoms with van der Waals surface area (Å²) in [7, 11) is 3.67. The van der Waals surface area contributed by atoms with E-state index in [1.807, 2.05) is 38.1 Å². The molecule has 132 valence electrons. The maximum atomic E-state index is 9.14. The molecular weight excluding hydrogens is 312 g/mol. The van der Waals surface area contributed by atoms with Crippen LogP contribution in [0.15, 0.2) is 30.3 Å². The number of nitriles is 1. The number of rotatable bonds is 6. The molecule has 0 radical (unpaired) electrons. The molecule has 25 heavy (non-hydrogen) atoms. The van der Waals surface area contributed by atoms with Gasteiger partial charge in [0.05, 0.1) is 11.6 Å². The second-order valence-electron chi connectivity index (χ2n) is 6.56. The molecule has 0 heterocycles. The van der Waals surface area contributed by atoms with Gasteiger partial charge in [0.15, 0.2) is 6.79 Å². The van der Waals surface area contributed by atoms with Crippen LogP contribution in [0.2, 0.25) is 0 Å². The predicted octanol–water partition coefficient (Wildman–Crippen LogP) is 5.05. The third-order valence-corrected chi connectivity index (χ3v) is 4.29. The van der Waals surface area contributed by atoms with Crippen molar-refractivity contribution in [3.05, 3.63) is 52.6 Å². The zero-order chi connectivity index (χ0) is 18.6. The van der Waals surface area contributed by atoms with E-state index in [1.54, 1.807) is 7.11 Å². The molecule has 0 atom stereocenters. The SMILES string of the molecule is COCOc1ccc(N(C)c2c(C)cc(C#N)cc2C)cc1C(C)C. The quantitative estimate of drug-likeness (QED) is 0.692. The minimum atomic E-state index is 0.239. The minimum absolute atomic E-state index is 0.239. The molecule has 0 unspecified atom stereocenters.